The fourth-order valence-electron chi connectivity index (χ4n) is 1.98. The van der Waals surface area contributed by atoms with Crippen molar-refractivity contribution in [3.05, 3.63) is 71.4 Å². The van der Waals surface area contributed by atoms with Crippen molar-refractivity contribution in [3.63, 3.8) is 0 Å². The molecule has 0 saturated heterocycles. The van der Waals surface area contributed by atoms with E-state index in [0.717, 1.165) is 0 Å². The van der Waals surface area contributed by atoms with Crippen LogP contribution in [0.25, 0.3) is 6.08 Å². The molecular weight excluding hydrogens is 294 g/mol. The third-order valence-corrected chi connectivity index (χ3v) is 3.13. The Hall–Kier alpha value is -3.08. The molecule has 0 atom stereocenters. The predicted octanol–water partition coefficient (Wildman–Crippen LogP) is 2.64. The van der Waals surface area contributed by atoms with Crippen molar-refractivity contribution in [2.45, 2.75) is 0 Å². The molecule has 118 valence electrons. The first kappa shape index (κ1) is 16.3. The van der Waals surface area contributed by atoms with Gasteiger partial charge in [-0.1, -0.05) is 36.4 Å². The lowest BCUT2D eigenvalue weighted by atomic mass is 10.1. The molecule has 1 amide bonds. The molecule has 0 aliphatic rings. The average molecular weight is 311 g/mol. The first-order valence-electron chi connectivity index (χ1n) is 6.95. The second-order valence-corrected chi connectivity index (χ2v) is 4.61. The number of hydrogen-bond acceptors (Lipinski definition) is 4. The molecule has 0 aliphatic carbocycles. The summed E-state index contributed by atoms with van der Waals surface area (Å²) in [6.45, 7) is 0. The zero-order chi connectivity index (χ0) is 16.7. The molecular formula is C18H17NO4. The van der Waals surface area contributed by atoms with E-state index < -0.39 is 11.9 Å². The minimum absolute atomic E-state index is 0.0332. The van der Waals surface area contributed by atoms with Gasteiger partial charge < -0.3 is 14.8 Å². The number of nitrogens with one attached hydrogen (secondary N) is 1. The number of rotatable bonds is 5. The van der Waals surface area contributed by atoms with E-state index in [1.807, 2.05) is 18.2 Å². The summed E-state index contributed by atoms with van der Waals surface area (Å²) in [5.41, 5.74) is 1.14. The van der Waals surface area contributed by atoms with Gasteiger partial charge in [-0.15, -0.1) is 0 Å². The van der Waals surface area contributed by atoms with E-state index in [1.165, 1.54) is 20.3 Å². The van der Waals surface area contributed by atoms with Crippen LogP contribution in [0.2, 0.25) is 0 Å². The molecule has 0 heterocycles. The predicted molar refractivity (Wildman–Crippen MR) is 86.9 cm³/mol. The lowest BCUT2D eigenvalue weighted by molar-refractivity contribution is -0.136. The number of esters is 1. The molecule has 23 heavy (non-hydrogen) atoms. The number of carbonyl (C=O) groups excluding carboxylic acids is 2. The van der Waals surface area contributed by atoms with Gasteiger partial charge in [0.2, 0.25) is 0 Å². The highest BCUT2D eigenvalue weighted by atomic mass is 16.5. The van der Waals surface area contributed by atoms with E-state index in [4.69, 9.17) is 9.47 Å². The van der Waals surface area contributed by atoms with Crippen LogP contribution >= 0.6 is 0 Å². The lowest BCUT2D eigenvalue weighted by Crippen LogP contribution is -2.28. The van der Waals surface area contributed by atoms with Crippen LogP contribution in [-0.4, -0.2) is 26.1 Å². The Bertz CT molecular complexity index is 723. The molecule has 0 saturated carbocycles. The van der Waals surface area contributed by atoms with Gasteiger partial charge in [0.15, 0.2) is 0 Å². The molecule has 0 aliphatic heterocycles. The van der Waals surface area contributed by atoms with Crippen LogP contribution in [-0.2, 0) is 9.53 Å². The minimum Gasteiger partial charge on any atom is -0.496 e. The fourth-order valence-corrected chi connectivity index (χ4v) is 1.98. The topological polar surface area (TPSA) is 64.6 Å². The summed E-state index contributed by atoms with van der Waals surface area (Å²) in [5.74, 6) is -0.444. The van der Waals surface area contributed by atoms with E-state index >= 15 is 0 Å². The largest absolute Gasteiger partial charge is 0.496 e. The summed E-state index contributed by atoms with van der Waals surface area (Å²) in [5, 5.41) is 2.58. The number of carbonyl (C=O) groups is 2. The zero-order valence-corrected chi connectivity index (χ0v) is 12.9. The molecule has 5 nitrogen and oxygen atoms in total. The molecule has 0 radical (unpaired) electrons. The van der Waals surface area contributed by atoms with Crippen LogP contribution in [0.3, 0.4) is 0 Å². The minimum atomic E-state index is -0.639. The van der Waals surface area contributed by atoms with E-state index in [2.05, 4.69) is 5.32 Å². The number of para-hydroxylation sites is 1. The third-order valence-electron chi connectivity index (χ3n) is 3.13. The second-order valence-electron chi connectivity index (χ2n) is 4.61. The normalized spacial score (nSPS) is 10.8. The maximum atomic E-state index is 12.2. The van der Waals surface area contributed by atoms with Crippen molar-refractivity contribution in [1.82, 2.24) is 5.32 Å². The van der Waals surface area contributed by atoms with E-state index in [0.29, 0.717) is 16.9 Å². The highest BCUT2D eigenvalue weighted by Crippen LogP contribution is 2.20. The van der Waals surface area contributed by atoms with E-state index in [-0.39, 0.29) is 5.70 Å². The molecule has 0 bridgehead atoms. The van der Waals surface area contributed by atoms with Gasteiger partial charge >= 0.3 is 5.97 Å². The number of amides is 1. The Morgan fingerprint density at radius 1 is 0.957 bits per heavy atom. The Kier molecular flexibility index (Phi) is 5.52. The zero-order valence-electron chi connectivity index (χ0n) is 12.9. The molecule has 5 heteroatoms. The maximum Gasteiger partial charge on any atom is 0.354 e. The van der Waals surface area contributed by atoms with Gasteiger partial charge in [-0.2, -0.15) is 0 Å². The van der Waals surface area contributed by atoms with Crippen LogP contribution < -0.4 is 10.1 Å². The van der Waals surface area contributed by atoms with Crippen molar-refractivity contribution < 1.29 is 19.1 Å². The second kappa shape index (κ2) is 7.79. The average Bonchev–Trinajstić information content (AvgIpc) is 2.61. The van der Waals surface area contributed by atoms with Crippen LogP contribution in [0.4, 0.5) is 0 Å². The van der Waals surface area contributed by atoms with Gasteiger partial charge in [-0.3, -0.25) is 4.79 Å². The molecule has 0 aromatic heterocycles. The monoisotopic (exact) mass is 311 g/mol. The van der Waals surface area contributed by atoms with Gasteiger partial charge in [0.05, 0.1) is 14.2 Å². The van der Waals surface area contributed by atoms with Gasteiger partial charge in [0.1, 0.15) is 11.4 Å². The van der Waals surface area contributed by atoms with Crippen LogP contribution in [0.15, 0.2) is 60.3 Å². The molecule has 1 N–H and O–H groups in total. The third kappa shape index (κ3) is 4.20. The van der Waals surface area contributed by atoms with Gasteiger partial charge in [-0.05, 0) is 24.3 Å². The highest BCUT2D eigenvalue weighted by Gasteiger charge is 2.15. The summed E-state index contributed by atoms with van der Waals surface area (Å²) < 4.78 is 9.97. The number of hydrogen-bond donors (Lipinski definition) is 1. The van der Waals surface area contributed by atoms with Crippen molar-refractivity contribution in [2.75, 3.05) is 14.2 Å². The summed E-state index contributed by atoms with van der Waals surface area (Å²) >= 11 is 0. The summed E-state index contributed by atoms with van der Waals surface area (Å²) in [7, 11) is 2.79. The Labute approximate surface area is 134 Å². The van der Waals surface area contributed by atoms with E-state index in [9.17, 15) is 9.59 Å². The molecule has 2 aromatic rings. The number of methoxy groups -OCH3 is 2. The number of benzene rings is 2. The lowest BCUT2D eigenvalue weighted by Gasteiger charge is -2.10. The summed E-state index contributed by atoms with van der Waals surface area (Å²) in [6, 6.07) is 15.8. The quantitative estimate of drug-likeness (QED) is 0.681. The number of ether oxygens (including phenoxy) is 2. The van der Waals surface area contributed by atoms with Crippen molar-refractivity contribution in [3.8, 4) is 5.75 Å². The Morgan fingerprint density at radius 2 is 1.61 bits per heavy atom. The van der Waals surface area contributed by atoms with E-state index in [1.54, 1.807) is 36.4 Å². The van der Waals surface area contributed by atoms with Crippen molar-refractivity contribution >= 4 is 18.0 Å². The first-order chi connectivity index (χ1) is 11.2. The SMILES string of the molecule is COC(=O)/C(=C\c1ccccc1OC)NC(=O)c1ccccc1. The molecule has 0 spiro atoms. The molecule has 2 rings (SSSR count). The highest BCUT2D eigenvalue weighted by molar-refractivity contribution is 6.03. The Morgan fingerprint density at radius 3 is 2.26 bits per heavy atom. The van der Waals surface area contributed by atoms with Crippen molar-refractivity contribution in [1.29, 1.82) is 0 Å². The van der Waals surface area contributed by atoms with Gasteiger partial charge in [0.25, 0.3) is 5.91 Å². The molecule has 0 unspecified atom stereocenters. The van der Waals surface area contributed by atoms with Crippen LogP contribution in [0.1, 0.15) is 15.9 Å². The maximum absolute atomic E-state index is 12.2. The summed E-state index contributed by atoms with van der Waals surface area (Å²) in [6.07, 6.45) is 1.52. The Balaban J connectivity index is 2.32. The van der Waals surface area contributed by atoms with Crippen molar-refractivity contribution in [2.24, 2.45) is 0 Å². The standard InChI is InChI=1S/C18H17NO4/c1-22-16-11-7-6-10-14(16)12-15(18(21)23-2)19-17(20)13-8-4-3-5-9-13/h3-12H,1-2H3,(H,19,20)/b15-12+. The van der Waals surface area contributed by atoms with Gasteiger partial charge in [0, 0.05) is 11.1 Å². The van der Waals surface area contributed by atoms with Crippen LogP contribution in [0.5, 0.6) is 5.75 Å². The molecule has 2 aromatic carbocycles. The smallest absolute Gasteiger partial charge is 0.354 e. The molecule has 0 fully saturated rings. The summed E-state index contributed by atoms with van der Waals surface area (Å²) in [4.78, 5) is 24.2. The van der Waals surface area contributed by atoms with Gasteiger partial charge in [-0.25, -0.2) is 4.79 Å². The van der Waals surface area contributed by atoms with Crippen LogP contribution in [0, 0.1) is 0 Å². The fraction of sp³-hybridized carbons (Fsp3) is 0.111. The first-order valence-corrected chi connectivity index (χ1v) is 6.95.